The molecule has 5 radical (unpaired) electrons. The van der Waals surface area contributed by atoms with Crippen LogP contribution in [-0.2, 0) is 12.7 Å². The number of rotatable bonds is 21. The van der Waals surface area contributed by atoms with Crippen LogP contribution in [0.25, 0.3) is 55.8 Å². The number of aromatic amines is 5. The molecule has 0 amide bonds. The largest absolute Gasteiger partial charge is 1.00 e. The van der Waals surface area contributed by atoms with Crippen molar-refractivity contribution in [2.75, 3.05) is 61.7 Å². The number of aliphatic hydroxyl groups excluding tert-OH is 4. The van der Waals surface area contributed by atoms with Crippen molar-refractivity contribution in [1.82, 2.24) is 97.6 Å². The van der Waals surface area contributed by atoms with Gasteiger partial charge in [-0.05, 0) is 29.6 Å². The number of nitrogens with one attached hydrogen (secondary N) is 5. The number of hydrogen-bond donors (Lipinski definition) is 14. The molecule has 10 aromatic heterocycles. The van der Waals surface area contributed by atoms with Crippen LogP contribution in [0, 0.1) is 29.6 Å². The standard InChI is InChI=1S/C36H41N15O7Si3.C24H28N10O5Si2.10Rb/c1-13-16(7-52)22(4-19(13)49-10-40-25-28(49)43-34(37)46-31(25)54)59-57-9-18-15(3)21(51-12-42-27-30(51)45-36(39)48-33(27)56)6-24(18)61-58-60-23-5-20(14(2)17(23)8-53)50-11-41-26-29(50)44-35(38)47-32(26)55;1-9-11(5-35)15(3-13(9)33-7-27-17-19(33)29-23(25)31-21(17)37)40-39-41-16-4-14(10(2)12(16)6-36)34-8-28-18-20(34)30-24(26)32-22(18)38;;;;;;;;;;/h10-12,16-24,52-53H,1-9H2,(H3,37,43,46,54)(H3,38,44,47,55)(H3,39,45,48,56);7-8,11-16,35-36H,1-6H2,(H3,25,29,31,37)(H3,26,30,32,38);;;;;;;;;;/q-3;-2;10*+1/t16-,17-,18-,19-,20-,21-,22-,23-,24-;11-,12-,13-,14-,15-,16-;;;;;;;;;;/m00........../s1. The van der Waals surface area contributed by atoms with Gasteiger partial charge in [0.1, 0.15) is 0 Å². The van der Waals surface area contributed by atoms with Crippen molar-refractivity contribution >= 4 is 134 Å². The Kier molecular flexibility index (Phi) is 51.1. The summed E-state index contributed by atoms with van der Waals surface area (Å²) in [6.45, 7) is 21.5. The van der Waals surface area contributed by atoms with E-state index in [1.807, 2.05) is 4.57 Å². The summed E-state index contributed by atoms with van der Waals surface area (Å²) < 4.78 is 28.3. The minimum Gasteiger partial charge on any atom is -0.840 e. The summed E-state index contributed by atoms with van der Waals surface area (Å²) in [6, 6.07) is -1.32. The van der Waals surface area contributed by atoms with Gasteiger partial charge in [-0.2, -0.15) is 52.6 Å². The van der Waals surface area contributed by atoms with Crippen molar-refractivity contribution in [2.45, 2.75) is 90.0 Å². The van der Waals surface area contributed by atoms with Crippen molar-refractivity contribution in [3.8, 4) is 0 Å². The average Bonchev–Trinajstić information content (AvgIpc) is 1.64. The Bertz CT molecular complexity index is 5230. The number of aromatic nitrogens is 20. The molecule has 10 aromatic rings. The Morgan fingerprint density at radius 2 is 0.527 bits per heavy atom. The topological polar surface area (TPSA) is 557 Å². The third kappa shape index (κ3) is 24.2. The van der Waals surface area contributed by atoms with Crippen LogP contribution in [0.4, 0.5) is 29.7 Å². The molecule has 0 unspecified atom stereocenters. The molecule has 5 fully saturated rings. The molecule has 0 saturated heterocycles. The Hall–Kier alpha value is 8.31. The molecule has 5 aliphatic carbocycles. The van der Waals surface area contributed by atoms with Gasteiger partial charge in [0.2, 0.25) is 29.7 Å². The summed E-state index contributed by atoms with van der Waals surface area (Å²) >= 11 is 0. The second-order valence-corrected chi connectivity index (χ2v) is 32.7. The van der Waals surface area contributed by atoms with Crippen molar-refractivity contribution in [3.63, 3.8) is 0 Å². The third-order valence-electron chi connectivity index (χ3n) is 20.4. The molecule has 15 rings (SSSR count). The van der Waals surface area contributed by atoms with Gasteiger partial charge in [-0.15, -0.1) is 0 Å². The fourth-order valence-corrected chi connectivity index (χ4v) is 22.6. The number of anilines is 5. The monoisotopic (exact) mass is 2320 g/mol. The first kappa shape index (κ1) is 113. The van der Waals surface area contributed by atoms with E-state index < -0.39 is 27.8 Å². The summed E-state index contributed by atoms with van der Waals surface area (Å²) in [7, 11) is 0.137. The van der Waals surface area contributed by atoms with E-state index in [4.69, 9.17) is 41.3 Å². The Balaban J connectivity index is 0.000000460. The molecule has 15 atom stereocenters. The fourth-order valence-electron chi connectivity index (χ4n) is 15.1. The van der Waals surface area contributed by atoms with Gasteiger partial charge in [-0.3, -0.25) is 58.7 Å². The normalized spacial score (nSPS) is 24.4. The molecule has 0 aliphatic heterocycles. The van der Waals surface area contributed by atoms with E-state index in [2.05, 4.69) is 108 Å². The van der Waals surface area contributed by atoms with Gasteiger partial charge >= 0.3 is 582 Å². The summed E-state index contributed by atoms with van der Waals surface area (Å²) in [4.78, 5) is 117. The van der Waals surface area contributed by atoms with Crippen LogP contribution in [0.15, 0.2) is 116 Å². The van der Waals surface area contributed by atoms with Crippen molar-refractivity contribution in [1.29, 1.82) is 0 Å². The minimum absolute atomic E-state index is 0. The number of imidazole rings is 5. The minimum atomic E-state index is -0.442. The Labute approximate surface area is 1140 Å². The number of hydrogen-bond acceptors (Lipinski definition) is 27. The number of nitrogens with two attached hydrogens (primary N) is 5. The van der Waals surface area contributed by atoms with Crippen LogP contribution >= 0.6 is 0 Å². The molecule has 0 bridgehead atoms. The van der Waals surface area contributed by atoms with Crippen LogP contribution in [-0.4, -0.2) is 200 Å². The van der Waals surface area contributed by atoms with E-state index in [1.165, 1.54) is 0 Å². The quantitative estimate of drug-likeness (QED) is 0.0235. The molecule has 19 N–H and O–H groups in total. The summed E-state index contributed by atoms with van der Waals surface area (Å²) in [5.41, 5.74) is 33.5. The molecular formula is C60H69N25O12Rb10Si5+5. The molecule has 531 valence electrons. The first-order valence-corrected chi connectivity index (χ1v) is 37.2. The van der Waals surface area contributed by atoms with Crippen LogP contribution in [0.5, 0.6) is 0 Å². The molecule has 37 nitrogen and oxygen atoms in total. The first-order chi connectivity index (χ1) is 49.1. The van der Waals surface area contributed by atoms with Gasteiger partial charge in [-0.1, -0.05) is 92.9 Å². The third-order valence-corrected chi connectivity index (χ3v) is 27.3. The summed E-state index contributed by atoms with van der Waals surface area (Å²) in [5.74, 6) is -1.18. The number of nitrogens with zero attached hydrogens (tertiary/aromatic N) is 15. The van der Waals surface area contributed by atoms with Crippen molar-refractivity contribution < 1.29 is 615 Å². The average molecular weight is 2330 g/mol. The number of nitrogen functional groups attached to an aromatic ring is 5. The van der Waals surface area contributed by atoms with Gasteiger partial charge < -0.3 is 124 Å². The predicted molar refractivity (Wildman–Crippen MR) is 378 cm³/mol. The van der Waals surface area contributed by atoms with E-state index in [0.717, 1.165) is 27.9 Å². The smallest absolute Gasteiger partial charge is 0.840 e. The molecule has 52 heteroatoms. The number of fused-ring (bicyclic) bond motifs is 5. The number of aliphatic hydroxyl groups is 4. The van der Waals surface area contributed by atoms with E-state index in [1.54, 1.807) is 49.9 Å². The zero-order valence-electron chi connectivity index (χ0n) is 64.3. The van der Waals surface area contributed by atoms with Crippen LogP contribution < -0.4 is 638 Å². The van der Waals surface area contributed by atoms with E-state index in [-0.39, 0.29) is 802 Å². The molecule has 5 aliphatic rings. The number of H-pyrrole nitrogens is 5. The van der Waals surface area contributed by atoms with Crippen LogP contribution in [0.3, 0.4) is 0 Å². The zero-order chi connectivity index (χ0) is 71.9. The van der Waals surface area contributed by atoms with E-state index in [9.17, 15) is 44.4 Å². The second kappa shape index (κ2) is 50.8. The maximum Gasteiger partial charge on any atom is 1.00 e. The molecule has 0 aromatic carbocycles. The second-order valence-electron chi connectivity index (χ2n) is 25.9. The molecule has 112 heavy (non-hydrogen) atoms. The predicted octanol–water partition coefficient (Wildman–Crippen LogP) is -30.8. The zero-order valence-corrected chi connectivity index (χ0v) is 118. The van der Waals surface area contributed by atoms with Gasteiger partial charge in [-0.25, -0.2) is 24.9 Å². The van der Waals surface area contributed by atoms with Gasteiger partial charge in [0.05, 0.1) is 61.8 Å². The Morgan fingerprint density at radius 1 is 0.339 bits per heavy atom. The van der Waals surface area contributed by atoms with Crippen LogP contribution in [0.2, 0.25) is 27.7 Å². The molecule has 10 heterocycles. The van der Waals surface area contributed by atoms with Crippen LogP contribution in [0.1, 0.15) is 62.3 Å². The molecular weight excluding hydrogens is 2260 g/mol. The van der Waals surface area contributed by atoms with Crippen molar-refractivity contribution in [2.24, 2.45) is 29.6 Å². The molecule has 5 saturated carbocycles. The molecule has 0 spiro atoms. The fraction of sp³-hybridized carbons (Fsp3) is 0.417. The maximum atomic E-state index is 12.7. The summed E-state index contributed by atoms with van der Waals surface area (Å²) in [5, 5.41) is 41.4. The van der Waals surface area contributed by atoms with Gasteiger partial charge in [0.15, 0.2) is 55.8 Å². The van der Waals surface area contributed by atoms with E-state index >= 15 is 0 Å². The maximum absolute atomic E-state index is 12.7. The SMILES string of the molecule is C=C1[C@H](CO)[C@@H]([Si-]OC[C@H]2C(=C)[C@@H](n3cnc4c(=O)[nH]c(N)nc43)C[C@@H]2[Si-]O[Si-][C@H]2C[C@H](n3cnc4c(=O)[nH]c(N)nc43)C(=C)[C@@H]2CO)C[C@@H]1n1cnc2c(=O)[nH]c(N)nc21.C=C1[C@H](CO)[C@@H]([Si-]O[Si-][C@H]2C[C@H](n3cnc4c(=O)[nH]c(N)nc43)C(=C)[C@@H]2CO)C[C@@H]1n1cnc2c(=O)[nH]c(N)nc21.[Rb+].[Rb+].[Rb+].[Rb+].[Rb+].[Rb+].[Rb+].[Rb+].[Rb+].[Rb+]. The summed E-state index contributed by atoms with van der Waals surface area (Å²) in [6.07, 6.45) is 10.8. The first-order valence-electron chi connectivity index (χ1n) is 32.3. The van der Waals surface area contributed by atoms with Crippen molar-refractivity contribution in [3.05, 3.63) is 144 Å². The van der Waals surface area contributed by atoms with E-state index in [0.29, 0.717) is 66.9 Å². The van der Waals surface area contributed by atoms with Gasteiger partial charge in [0.25, 0.3) is 27.8 Å². The van der Waals surface area contributed by atoms with Gasteiger partial charge in [0, 0.05) is 33.0 Å². The Morgan fingerprint density at radius 3 is 0.732 bits per heavy atom.